The molecule has 4 atom stereocenters. The van der Waals surface area contributed by atoms with E-state index in [9.17, 15) is 24.0 Å². The van der Waals surface area contributed by atoms with Gasteiger partial charge in [0.05, 0.1) is 26.4 Å². The van der Waals surface area contributed by atoms with Gasteiger partial charge in [0, 0.05) is 32.1 Å². The Morgan fingerprint density at radius 3 is 0.911 bits per heavy atom. The molecule has 4 unspecified atom stereocenters. The molecule has 1 fully saturated rings. The second kappa shape index (κ2) is 82.0. The van der Waals surface area contributed by atoms with Gasteiger partial charge in [-0.2, -0.15) is 0 Å². The zero-order valence-electron chi connectivity index (χ0n) is 76.4. The van der Waals surface area contributed by atoms with E-state index < -0.39 is 0 Å². The van der Waals surface area contributed by atoms with E-state index in [-0.39, 0.29) is 36.0 Å². The summed E-state index contributed by atoms with van der Waals surface area (Å²) >= 11 is 0. The SMILES string of the molecule is CCCCC(CCCC)CCOC(=O)CCCCCCCCCC(CCCCCCCCCC(=O)OCCC(CCCC)CCCCC(COC(=O)CCCCCCCCCC(CCCCCCCCCC(=O)OCCC(CCCC)CCCC)OC(=O)CCCN1CCCCC1)C(CCCC)CCCC)CCN(C)CC. The molecule has 1 heterocycles. The molecule has 1 saturated heterocycles. The molecule has 0 spiro atoms. The molecule has 0 aliphatic carbocycles. The Bertz CT molecular complexity index is 2030. The number of nitrogens with zero attached hydrogens (tertiary/aromatic N) is 2. The number of ether oxygens (including phenoxy) is 5. The molecule has 0 aromatic carbocycles. The molecular formula is C100H192N2O10. The van der Waals surface area contributed by atoms with E-state index in [0.29, 0.717) is 88.1 Å². The topological polar surface area (TPSA) is 138 Å². The number of likely N-dealkylation sites (tertiary alicyclic amines) is 1. The minimum Gasteiger partial charge on any atom is -0.466 e. The van der Waals surface area contributed by atoms with Crippen molar-refractivity contribution in [3.05, 3.63) is 0 Å². The van der Waals surface area contributed by atoms with Gasteiger partial charge in [-0.3, -0.25) is 24.0 Å². The summed E-state index contributed by atoms with van der Waals surface area (Å²) in [5.74, 6) is 3.77. The summed E-state index contributed by atoms with van der Waals surface area (Å²) in [5.41, 5.74) is 0. The zero-order chi connectivity index (χ0) is 81.5. The van der Waals surface area contributed by atoms with Crippen LogP contribution in [0.25, 0.3) is 0 Å². The van der Waals surface area contributed by atoms with Crippen LogP contribution in [0.5, 0.6) is 0 Å². The maximum atomic E-state index is 13.3. The number of piperidine rings is 1. The summed E-state index contributed by atoms with van der Waals surface area (Å²) in [5, 5.41) is 0. The highest BCUT2D eigenvalue weighted by molar-refractivity contribution is 5.70. The lowest BCUT2D eigenvalue weighted by Gasteiger charge is -2.27. The summed E-state index contributed by atoms with van der Waals surface area (Å²) in [6, 6.07) is 0. The fourth-order valence-electron chi connectivity index (χ4n) is 17.5. The molecule has 0 aromatic rings. The summed E-state index contributed by atoms with van der Waals surface area (Å²) in [7, 11) is 2.26. The van der Waals surface area contributed by atoms with Crippen molar-refractivity contribution in [2.75, 3.05) is 66.2 Å². The van der Waals surface area contributed by atoms with Crippen molar-refractivity contribution in [3.63, 3.8) is 0 Å². The largest absolute Gasteiger partial charge is 0.466 e. The number of esters is 5. The Morgan fingerprint density at radius 1 is 0.277 bits per heavy atom. The predicted molar refractivity (Wildman–Crippen MR) is 477 cm³/mol. The molecule has 662 valence electrons. The first kappa shape index (κ1) is 107. The van der Waals surface area contributed by atoms with E-state index in [0.717, 1.165) is 173 Å². The van der Waals surface area contributed by atoms with Gasteiger partial charge >= 0.3 is 29.8 Å². The van der Waals surface area contributed by atoms with Gasteiger partial charge < -0.3 is 33.5 Å². The standard InChI is InChI=1S/C100H192N2O10/c1-10-18-59-90(60-19-11-2)78-85-108-96(103)72-50-41-33-25-29-37-46-64-89(77-84-101(9)17-8)65-47-38-30-26-34-42-51-74-98(105)110-87-80-92(63-22-14-5)66-54-55-69-94(93(67-23-15-6)68-24-16-7)88-111-99(106)75-53-44-36-28-32-40-49-71-95(112-100(107)76-58-83-102-81-56-45-57-82-102)70-48-39-31-27-35-43-52-73-97(104)109-86-79-91(61-20-12-3)62-21-13-4/h89-95H,10-88H2,1-9H3. The van der Waals surface area contributed by atoms with Crippen LogP contribution in [0.2, 0.25) is 0 Å². The third-order valence-electron chi connectivity index (χ3n) is 25.5. The van der Waals surface area contributed by atoms with Crippen LogP contribution in [0, 0.1) is 35.5 Å². The Labute approximate surface area is 696 Å². The van der Waals surface area contributed by atoms with Gasteiger partial charge in [-0.15, -0.1) is 0 Å². The molecular weight excluding hydrogens is 1390 g/mol. The van der Waals surface area contributed by atoms with Crippen LogP contribution in [0.3, 0.4) is 0 Å². The average molecular weight is 1580 g/mol. The third kappa shape index (κ3) is 69.2. The number of hydrogen-bond donors (Lipinski definition) is 0. The van der Waals surface area contributed by atoms with Crippen LogP contribution in [-0.2, 0) is 47.7 Å². The number of carbonyl (C=O) groups is 5. The van der Waals surface area contributed by atoms with Crippen molar-refractivity contribution < 1.29 is 47.7 Å². The Hall–Kier alpha value is -2.73. The molecule has 1 aliphatic heterocycles. The first-order valence-electron chi connectivity index (χ1n) is 50.1. The summed E-state index contributed by atoms with van der Waals surface area (Å²) in [6.07, 6.45) is 79.6. The Morgan fingerprint density at radius 2 is 0.554 bits per heavy atom. The van der Waals surface area contributed by atoms with Gasteiger partial charge in [-0.1, -0.05) is 370 Å². The lowest BCUT2D eigenvalue weighted by molar-refractivity contribution is -0.150. The maximum Gasteiger partial charge on any atom is 0.306 e. The summed E-state index contributed by atoms with van der Waals surface area (Å²) < 4.78 is 29.6. The van der Waals surface area contributed by atoms with Gasteiger partial charge in [0.2, 0.25) is 0 Å². The van der Waals surface area contributed by atoms with Gasteiger partial charge in [0.1, 0.15) is 6.10 Å². The molecule has 12 heteroatoms. The zero-order valence-corrected chi connectivity index (χ0v) is 76.4. The maximum absolute atomic E-state index is 13.3. The minimum atomic E-state index is -0.0232. The van der Waals surface area contributed by atoms with E-state index in [2.05, 4.69) is 72.2 Å². The second-order valence-electron chi connectivity index (χ2n) is 35.8. The van der Waals surface area contributed by atoms with E-state index in [4.69, 9.17) is 23.7 Å². The monoisotopic (exact) mass is 1580 g/mol. The molecule has 0 aromatic heterocycles. The van der Waals surface area contributed by atoms with Crippen LogP contribution in [-0.4, -0.2) is 112 Å². The van der Waals surface area contributed by atoms with E-state index in [1.807, 2.05) is 0 Å². The van der Waals surface area contributed by atoms with Crippen LogP contribution in [0.1, 0.15) is 505 Å². The van der Waals surface area contributed by atoms with Crippen molar-refractivity contribution in [1.82, 2.24) is 9.80 Å². The highest BCUT2D eigenvalue weighted by Crippen LogP contribution is 2.32. The molecule has 12 nitrogen and oxygen atoms in total. The van der Waals surface area contributed by atoms with E-state index in [1.165, 1.54) is 283 Å². The molecule has 112 heavy (non-hydrogen) atoms. The molecule has 0 N–H and O–H groups in total. The number of hydrogen-bond acceptors (Lipinski definition) is 12. The Kier molecular flexibility index (Phi) is 78.5. The van der Waals surface area contributed by atoms with E-state index in [1.54, 1.807) is 0 Å². The minimum absolute atomic E-state index is 0.00851. The third-order valence-corrected chi connectivity index (χ3v) is 25.5. The Balaban J connectivity index is 2.44. The fourth-order valence-corrected chi connectivity index (χ4v) is 17.5. The quantitative estimate of drug-likeness (QED) is 0.0325. The van der Waals surface area contributed by atoms with Gasteiger partial charge in [0.15, 0.2) is 0 Å². The lowest BCUT2D eigenvalue weighted by Crippen LogP contribution is -2.31. The average Bonchev–Trinajstić information content (AvgIpc) is 0.906. The van der Waals surface area contributed by atoms with Gasteiger partial charge in [-0.25, -0.2) is 0 Å². The molecule has 1 aliphatic rings. The molecule has 1 rings (SSSR count). The number of rotatable bonds is 87. The van der Waals surface area contributed by atoms with Crippen molar-refractivity contribution in [2.24, 2.45) is 35.5 Å². The van der Waals surface area contributed by atoms with Crippen LogP contribution in [0.15, 0.2) is 0 Å². The van der Waals surface area contributed by atoms with Crippen LogP contribution in [0.4, 0.5) is 0 Å². The highest BCUT2D eigenvalue weighted by atomic mass is 16.6. The van der Waals surface area contributed by atoms with E-state index >= 15 is 0 Å². The lowest BCUT2D eigenvalue weighted by atomic mass is 9.81. The molecule has 0 saturated carbocycles. The smallest absolute Gasteiger partial charge is 0.306 e. The molecule has 0 bridgehead atoms. The van der Waals surface area contributed by atoms with Gasteiger partial charge in [-0.05, 0) is 178 Å². The van der Waals surface area contributed by atoms with Gasteiger partial charge in [0.25, 0.3) is 0 Å². The van der Waals surface area contributed by atoms with Crippen LogP contribution < -0.4 is 0 Å². The van der Waals surface area contributed by atoms with Crippen molar-refractivity contribution >= 4 is 29.8 Å². The fraction of sp³-hybridized carbons (Fsp3) is 0.950. The number of unbranched alkanes of at least 4 members (excludes halogenated alkanes) is 32. The first-order chi connectivity index (χ1) is 54.8. The number of carbonyl (C=O) groups excluding carboxylic acids is 5. The van der Waals surface area contributed by atoms with Crippen molar-refractivity contribution in [1.29, 1.82) is 0 Å². The molecule has 0 amide bonds. The first-order valence-corrected chi connectivity index (χ1v) is 50.1. The highest BCUT2D eigenvalue weighted by Gasteiger charge is 2.24. The second-order valence-corrected chi connectivity index (χ2v) is 35.8. The summed E-state index contributed by atoms with van der Waals surface area (Å²) in [6.45, 7) is 26.1. The predicted octanol–water partition coefficient (Wildman–Crippen LogP) is 29.5. The molecule has 0 radical (unpaired) electrons. The van der Waals surface area contributed by atoms with Crippen molar-refractivity contribution in [3.8, 4) is 0 Å². The van der Waals surface area contributed by atoms with Crippen LogP contribution >= 0.6 is 0 Å². The van der Waals surface area contributed by atoms with Crippen molar-refractivity contribution in [2.45, 2.75) is 511 Å². The summed E-state index contributed by atoms with van der Waals surface area (Å²) in [4.78, 5) is 69.3. The normalized spacial score (nSPS) is 13.9.